The van der Waals surface area contributed by atoms with Gasteiger partial charge in [0, 0.05) is 24.7 Å². The van der Waals surface area contributed by atoms with Gasteiger partial charge < -0.3 is 15.2 Å². The maximum absolute atomic E-state index is 4.85. The first-order chi connectivity index (χ1) is 10.3. The Balaban J connectivity index is 1.88. The molecule has 0 spiro atoms. The molecule has 2 aliphatic heterocycles. The maximum Gasteiger partial charge on any atom is 0.138 e. The van der Waals surface area contributed by atoms with Gasteiger partial charge in [0.1, 0.15) is 17.0 Å². The van der Waals surface area contributed by atoms with E-state index in [2.05, 4.69) is 40.3 Å². The van der Waals surface area contributed by atoms with Crippen LogP contribution in [0.1, 0.15) is 19.8 Å². The minimum Gasteiger partial charge on any atom is -0.364 e. The third-order valence-electron chi connectivity index (χ3n) is 4.21. The van der Waals surface area contributed by atoms with Gasteiger partial charge in [-0.1, -0.05) is 30.3 Å². The number of imidazole rings is 1. The van der Waals surface area contributed by atoms with Crippen LogP contribution in [0, 0.1) is 0 Å². The standard InChI is InChI=1S/C17H20N4/c1-12-11-14-15(17(18-12)21-9-5-6-10-21)20-16(19-14)13-7-3-2-4-8-13/h2-4,7-8,11-12,18H,5-6,9-10H2,1H3,(H,19,20). The summed E-state index contributed by atoms with van der Waals surface area (Å²) >= 11 is 0. The molecule has 1 fully saturated rings. The number of hydrogen-bond acceptors (Lipinski definition) is 3. The monoisotopic (exact) mass is 280 g/mol. The second-order valence-electron chi connectivity index (χ2n) is 5.86. The van der Waals surface area contributed by atoms with Crippen molar-refractivity contribution in [2.24, 2.45) is 0 Å². The van der Waals surface area contributed by atoms with Gasteiger partial charge in [0.25, 0.3) is 0 Å². The van der Waals surface area contributed by atoms with E-state index in [0.717, 1.165) is 35.2 Å². The Labute approximate surface area is 124 Å². The van der Waals surface area contributed by atoms with Crippen molar-refractivity contribution in [1.82, 2.24) is 20.2 Å². The summed E-state index contributed by atoms with van der Waals surface area (Å²) in [7, 11) is 0. The van der Waals surface area contributed by atoms with Gasteiger partial charge in [0.05, 0.1) is 5.35 Å². The van der Waals surface area contributed by atoms with E-state index in [0.29, 0.717) is 6.04 Å². The highest BCUT2D eigenvalue weighted by Crippen LogP contribution is 2.15. The van der Waals surface area contributed by atoms with Gasteiger partial charge in [-0.2, -0.15) is 0 Å². The SMILES string of the molecule is CC1C=c2[nH]c(-c3ccccc3)nc2=C(N2CCCC2)N1. The van der Waals surface area contributed by atoms with Crippen LogP contribution in [0.25, 0.3) is 23.3 Å². The molecule has 4 heteroatoms. The minimum atomic E-state index is 0.331. The lowest BCUT2D eigenvalue weighted by Gasteiger charge is -2.26. The Bertz CT molecular complexity index is 754. The maximum atomic E-state index is 4.85. The van der Waals surface area contributed by atoms with Crippen molar-refractivity contribution in [3.05, 3.63) is 41.0 Å². The van der Waals surface area contributed by atoms with Crippen molar-refractivity contribution in [3.8, 4) is 11.4 Å². The fourth-order valence-electron chi connectivity index (χ4n) is 3.18. The average molecular weight is 280 g/mol. The van der Waals surface area contributed by atoms with Crippen LogP contribution in [0.4, 0.5) is 0 Å². The fraction of sp³-hybridized carbons (Fsp3) is 0.353. The van der Waals surface area contributed by atoms with Gasteiger partial charge in [-0.25, -0.2) is 4.98 Å². The number of rotatable bonds is 2. The number of benzene rings is 1. The summed E-state index contributed by atoms with van der Waals surface area (Å²) in [5.41, 5.74) is 1.13. The molecule has 0 radical (unpaired) electrons. The smallest absolute Gasteiger partial charge is 0.138 e. The van der Waals surface area contributed by atoms with Crippen molar-refractivity contribution in [3.63, 3.8) is 0 Å². The number of aromatic nitrogens is 2. The Morgan fingerprint density at radius 3 is 2.67 bits per heavy atom. The number of H-pyrrole nitrogens is 1. The molecular formula is C17H20N4. The molecule has 0 amide bonds. The second-order valence-corrected chi connectivity index (χ2v) is 5.86. The molecule has 3 heterocycles. The molecule has 1 saturated heterocycles. The van der Waals surface area contributed by atoms with Crippen LogP contribution in [-0.4, -0.2) is 34.0 Å². The first kappa shape index (κ1) is 12.5. The first-order valence-corrected chi connectivity index (χ1v) is 7.70. The van der Waals surface area contributed by atoms with Gasteiger partial charge in [-0.05, 0) is 25.8 Å². The van der Waals surface area contributed by atoms with Crippen molar-refractivity contribution in [2.75, 3.05) is 13.1 Å². The minimum absolute atomic E-state index is 0.331. The predicted molar refractivity (Wildman–Crippen MR) is 84.6 cm³/mol. The Kier molecular flexibility index (Phi) is 2.95. The summed E-state index contributed by atoms with van der Waals surface area (Å²) < 4.78 is 0. The molecule has 1 aromatic heterocycles. The molecule has 1 atom stereocenters. The second kappa shape index (κ2) is 4.95. The Hall–Kier alpha value is -2.23. The first-order valence-electron chi connectivity index (χ1n) is 7.70. The molecule has 2 aromatic rings. The Morgan fingerprint density at radius 1 is 1.14 bits per heavy atom. The topological polar surface area (TPSA) is 44.0 Å². The van der Waals surface area contributed by atoms with Crippen LogP contribution in [0.3, 0.4) is 0 Å². The van der Waals surface area contributed by atoms with E-state index < -0.39 is 0 Å². The van der Waals surface area contributed by atoms with Crippen LogP contribution in [0.15, 0.2) is 30.3 Å². The van der Waals surface area contributed by atoms with Gasteiger partial charge in [-0.15, -0.1) is 0 Å². The van der Waals surface area contributed by atoms with Crippen molar-refractivity contribution in [1.29, 1.82) is 0 Å². The summed E-state index contributed by atoms with van der Waals surface area (Å²) in [6, 6.07) is 10.6. The summed E-state index contributed by atoms with van der Waals surface area (Å²) in [5, 5.41) is 5.79. The lowest BCUT2D eigenvalue weighted by molar-refractivity contribution is 0.449. The van der Waals surface area contributed by atoms with E-state index >= 15 is 0 Å². The normalized spacial score (nSPS) is 20.9. The molecule has 1 aromatic carbocycles. The molecule has 108 valence electrons. The highest BCUT2D eigenvalue weighted by atomic mass is 15.3. The molecule has 2 aliphatic rings. The lowest BCUT2D eigenvalue weighted by atomic mass is 10.2. The van der Waals surface area contributed by atoms with Gasteiger partial charge in [-0.3, -0.25) is 0 Å². The molecule has 0 saturated carbocycles. The quantitative estimate of drug-likeness (QED) is 0.863. The van der Waals surface area contributed by atoms with E-state index in [1.54, 1.807) is 0 Å². The highest BCUT2D eigenvalue weighted by molar-refractivity contribution is 5.57. The molecule has 21 heavy (non-hydrogen) atoms. The van der Waals surface area contributed by atoms with Crippen LogP contribution >= 0.6 is 0 Å². The Morgan fingerprint density at radius 2 is 1.90 bits per heavy atom. The molecule has 4 rings (SSSR count). The molecular weight excluding hydrogens is 260 g/mol. The number of aromatic amines is 1. The van der Waals surface area contributed by atoms with Crippen LogP contribution < -0.4 is 16.0 Å². The van der Waals surface area contributed by atoms with E-state index in [4.69, 9.17) is 4.98 Å². The molecule has 2 N–H and O–H groups in total. The van der Waals surface area contributed by atoms with Crippen LogP contribution in [-0.2, 0) is 0 Å². The molecule has 4 nitrogen and oxygen atoms in total. The number of hydrogen-bond donors (Lipinski definition) is 2. The number of likely N-dealkylation sites (tertiary alicyclic amines) is 1. The zero-order valence-corrected chi connectivity index (χ0v) is 12.3. The lowest BCUT2D eigenvalue weighted by Crippen LogP contribution is -2.47. The van der Waals surface area contributed by atoms with Crippen LogP contribution in [0.2, 0.25) is 0 Å². The third-order valence-corrected chi connectivity index (χ3v) is 4.21. The van der Waals surface area contributed by atoms with E-state index in [1.807, 2.05) is 18.2 Å². The largest absolute Gasteiger partial charge is 0.364 e. The molecule has 0 aliphatic carbocycles. The number of nitrogens with zero attached hydrogens (tertiary/aromatic N) is 2. The third kappa shape index (κ3) is 2.20. The average Bonchev–Trinajstić information content (AvgIpc) is 3.16. The van der Waals surface area contributed by atoms with Crippen LogP contribution in [0.5, 0.6) is 0 Å². The highest BCUT2D eigenvalue weighted by Gasteiger charge is 2.21. The number of fused-ring (bicyclic) bond motifs is 1. The van der Waals surface area contributed by atoms with Gasteiger partial charge in [0.2, 0.25) is 0 Å². The van der Waals surface area contributed by atoms with E-state index in [9.17, 15) is 0 Å². The van der Waals surface area contributed by atoms with E-state index in [1.165, 1.54) is 18.7 Å². The molecule has 1 unspecified atom stereocenters. The summed E-state index contributed by atoms with van der Waals surface area (Å²) in [6.45, 7) is 4.44. The van der Waals surface area contributed by atoms with Crippen molar-refractivity contribution >= 4 is 11.9 Å². The zero-order chi connectivity index (χ0) is 14.2. The van der Waals surface area contributed by atoms with Crippen molar-refractivity contribution in [2.45, 2.75) is 25.8 Å². The van der Waals surface area contributed by atoms with Gasteiger partial charge >= 0.3 is 0 Å². The zero-order valence-electron chi connectivity index (χ0n) is 12.3. The van der Waals surface area contributed by atoms with E-state index in [-0.39, 0.29) is 0 Å². The number of nitrogens with one attached hydrogen (secondary N) is 2. The van der Waals surface area contributed by atoms with Gasteiger partial charge in [0.15, 0.2) is 0 Å². The predicted octanol–water partition coefficient (Wildman–Crippen LogP) is 1.01. The summed E-state index contributed by atoms with van der Waals surface area (Å²) in [6.07, 6.45) is 4.76. The summed E-state index contributed by atoms with van der Waals surface area (Å²) in [5.74, 6) is 2.14. The summed E-state index contributed by atoms with van der Waals surface area (Å²) in [4.78, 5) is 10.8. The van der Waals surface area contributed by atoms with Crippen molar-refractivity contribution < 1.29 is 0 Å². The fourth-order valence-corrected chi connectivity index (χ4v) is 3.18. The molecule has 0 bridgehead atoms.